The number of ketones is 1. The third-order valence-electron chi connectivity index (χ3n) is 3.61. The van der Waals surface area contributed by atoms with Gasteiger partial charge in [0.1, 0.15) is 0 Å². The Morgan fingerprint density at radius 2 is 2.18 bits per heavy atom. The molecule has 1 heterocycles. The molecule has 1 aliphatic carbocycles. The average molecular weight is 227 g/mol. The topological polar surface area (TPSA) is 22.0 Å². The predicted molar refractivity (Wildman–Crippen MR) is 69.0 cm³/mol. The van der Waals surface area contributed by atoms with Crippen molar-refractivity contribution in [2.24, 2.45) is 5.92 Å². The Morgan fingerprint density at radius 3 is 2.88 bits per heavy atom. The van der Waals surface area contributed by atoms with Crippen LogP contribution in [0.5, 0.6) is 0 Å². The minimum Gasteiger partial charge on any atom is -0.340 e. The Hall–Kier alpha value is -1.57. The van der Waals surface area contributed by atoms with E-state index >= 15 is 0 Å². The minimum absolute atomic E-state index is 0.348. The summed E-state index contributed by atoms with van der Waals surface area (Å²) in [4.78, 5) is 11.9. The summed E-state index contributed by atoms with van der Waals surface area (Å²) < 4.78 is 2.12. The van der Waals surface area contributed by atoms with Crippen LogP contribution in [-0.4, -0.2) is 10.4 Å². The van der Waals surface area contributed by atoms with E-state index in [1.807, 2.05) is 6.20 Å². The number of carbonyl (C=O) groups is 1. The normalized spacial score (nSPS) is 15.4. The number of benzene rings is 1. The van der Waals surface area contributed by atoms with Gasteiger partial charge in [-0.15, -0.1) is 0 Å². The largest absolute Gasteiger partial charge is 0.340 e. The van der Waals surface area contributed by atoms with Crippen molar-refractivity contribution in [1.29, 1.82) is 0 Å². The highest BCUT2D eigenvalue weighted by atomic mass is 16.1. The van der Waals surface area contributed by atoms with E-state index in [4.69, 9.17) is 0 Å². The first-order valence-electron chi connectivity index (χ1n) is 6.39. The second-order valence-electron chi connectivity index (χ2n) is 4.89. The van der Waals surface area contributed by atoms with Gasteiger partial charge in [-0.25, -0.2) is 0 Å². The van der Waals surface area contributed by atoms with Gasteiger partial charge in [-0.3, -0.25) is 4.79 Å². The summed E-state index contributed by atoms with van der Waals surface area (Å²) in [5.41, 5.74) is 2.57. The van der Waals surface area contributed by atoms with E-state index in [0.717, 1.165) is 19.3 Å². The molecule has 0 amide bonds. The lowest BCUT2D eigenvalue weighted by atomic mass is 10.1. The van der Waals surface area contributed by atoms with Crippen molar-refractivity contribution in [1.82, 2.24) is 4.57 Å². The molecule has 0 aliphatic heterocycles. The Balaban J connectivity index is 2.00. The number of carbonyl (C=O) groups excluding carboxylic acids is 1. The quantitative estimate of drug-likeness (QED) is 0.786. The van der Waals surface area contributed by atoms with Crippen LogP contribution >= 0.6 is 0 Å². The van der Waals surface area contributed by atoms with Gasteiger partial charge in [0.25, 0.3) is 0 Å². The molecule has 0 atom stereocenters. The van der Waals surface area contributed by atoms with Crippen LogP contribution < -0.4 is 0 Å². The second-order valence-corrected chi connectivity index (χ2v) is 4.89. The van der Waals surface area contributed by atoms with Gasteiger partial charge in [-0.1, -0.05) is 25.1 Å². The van der Waals surface area contributed by atoms with Crippen LogP contribution in [0.15, 0.2) is 30.5 Å². The van der Waals surface area contributed by atoms with Crippen molar-refractivity contribution in [2.75, 3.05) is 0 Å². The summed E-state index contributed by atoms with van der Waals surface area (Å²) in [5, 5.41) is 1.24. The van der Waals surface area contributed by atoms with Gasteiger partial charge in [0, 0.05) is 12.1 Å². The molecule has 1 saturated carbocycles. The lowest BCUT2D eigenvalue weighted by molar-refractivity contribution is -0.120. The van der Waals surface area contributed by atoms with E-state index in [-0.39, 0.29) is 0 Å². The molecule has 0 N–H and O–H groups in total. The highest BCUT2D eigenvalue weighted by Gasteiger charge is 2.29. The number of rotatable bonds is 4. The van der Waals surface area contributed by atoms with Gasteiger partial charge in [-0.05, 0) is 36.3 Å². The molecule has 88 valence electrons. The van der Waals surface area contributed by atoms with E-state index in [0.29, 0.717) is 18.2 Å². The van der Waals surface area contributed by atoms with E-state index in [9.17, 15) is 4.79 Å². The highest BCUT2D eigenvalue weighted by molar-refractivity contribution is 5.87. The van der Waals surface area contributed by atoms with Crippen molar-refractivity contribution in [2.45, 2.75) is 32.7 Å². The summed E-state index contributed by atoms with van der Waals surface area (Å²) in [6, 6.07) is 8.47. The van der Waals surface area contributed by atoms with Gasteiger partial charge in [0.2, 0.25) is 0 Å². The molecule has 1 fully saturated rings. The van der Waals surface area contributed by atoms with Gasteiger partial charge in [-0.2, -0.15) is 0 Å². The average Bonchev–Trinajstić information content (AvgIpc) is 3.12. The first kappa shape index (κ1) is 10.6. The maximum atomic E-state index is 11.9. The van der Waals surface area contributed by atoms with Crippen molar-refractivity contribution in [3.8, 4) is 0 Å². The van der Waals surface area contributed by atoms with E-state index in [2.05, 4.69) is 35.8 Å². The maximum absolute atomic E-state index is 11.9. The van der Waals surface area contributed by atoms with Crippen LogP contribution in [-0.2, 0) is 17.8 Å². The van der Waals surface area contributed by atoms with Crippen molar-refractivity contribution >= 4 is 16.7 Å². The number of para-hydroxylation sites is 1. The number of hydrogen-bond donors (Lipinski definition) is 0. The Labute approximate surface area is 101 Å². The molecule has 0 bridgehead atoms. The second kappa shape index (κ2) is 4.02. The number of nitrogens with zero attached hydrogens (tertiary/aromatic N) is 1. The van der Waals surface area contributed by atoms with Crippen LogP contribution in [0.25, 0.3) is 10.9 Å². The van der Waals surface area contributed by atoms with Crippen LogP contribution in [0.4, 0.5) is 0 Å². The lowest BCUT2D eigenvalue weighted by Crippen LogP contribution is -2.11. The Morgan fingerprint density at radius 1 is 1.35 bits per heavy atom. The summed E-state index contributed by atoms with van der Waals surface area (Å²) >= 11 is 0. The van der Waals surface area contributed by atoms with Crippen LogP contribution in [0.3, 0.4) is 0 Å². The third-order valence-corrected chi connectivity index (χ3v) is 3.61. The van der Waals surface area contributed by atoms with Crippen LogP contribution in [0, 0.1) is 5.92 Å². The summed E-state index contributed by atoms with van der Waals surface area (Å²) in [6.07, 6.45) is 5.25. The standard InChI is InChI=1S/C15H17NO/c1-2-11-4-3-5-13-8-9-16(15(11)13)10-14(17)12-6-7-12/h3-5,8-9,12H,2,6-7,10H2,1H3. The summed E-state index contributed by atoms with van der Waals surface area (Å²) in [7, 11) is 0. The Bertz CT molecular complexity index is 563. The van der Waals surface area contributed by atoms with E-state index in [1.54, 1.807) is 0 Å². The number of hydrogen-bond acceptors (Lipinski definition) is 1. The fourth-order valence-electron chi connectivity index (χ4n) is 2.46. The van der Waals surface area contributed by atoms with E-state index in [1.165, 1.54) is 16.5 Å². The first-order chi connectivity index (χ1) is 8.29. The number of aromatic nitrogens is 1. The van der Waals surface area contributed by atoms with Crippen molar-refractivity contribution < 1.29 is 4.79 Å². The molecule has 1 aromatic heterocycles. The minimum atomic E-state index is 0.348. The molecular formula is C15H17NO. The molecule has 0 spiro atoms. The SMILES string of the molecule is CCc1cccc2ccn(CC(=O)C3CC3)c12. The zero-order chi connectivity index (χ0) is 11.8. The molecule has 2 heteroatoms. The van der Waals surface area contributed by atoms with Gasteiger partial charge in [0.15, 0.2) is 5.78 Å². The number of aryl methyl sites for hydroxylation is 1. The molecule has 2 nitrogen and oxygen atoms in total. The van der Waals surface area contributed by atoms with Crippen LogP contribution in [0.2, 0.25) is 0 Å². The zero-order valence-electron chi connectivity index (χ0n) is 10.1. The molecule has 1 aromatic carbocycles. The fourth-order valence-corrected chi connectivity index (χ4v) is 2.46. The predicted octanol–water partition coefficient (Wildman–Crippen LogP) is 3.18. The molecule has 2 aromatic rings. The molecule has 17 heavy (non-hydrogen) atoms. The maximum Gasteiger partial charge on any atom is 0.155 e. The molecular weight excluding hydrogens is 210 g/mol. The molecule has 1 aliphatic rings. The molecule has 0 radical (unpaired) electrons. The van der Waals surface area contributed by atoms with Crippen molar-refractivity contribution in [3.63, 3.8) is 0 Å². The van der Waals surface area contributed by atoms with E-state index < -0.39 is 0 Å². The number of Topliss-reactive ketones (excluding diaryl/α,β-unsaturated/α-hetero) is 1. The van der Waals surface area contributed by atoms with Crippen LogP contribution in [0.1, 0.15) is 25.3 Å². The highest BCUT2D eigenvalue weighted by Crippen LogP contribution is 2.31. The molecule has 0 saturated heterocycles. The van der Waals surface area contributed by atoms with Gasteiger partial charge < -0.3 is 4.57 Å². The monoisotopic (exact) mass is 227 g/mol. The first-order valence-corrected chi connectivity index (χ1v) is 6.39. The lowest BCUT2D eigenvalue weighted by Gasteiger charge is -2.07. The van der Waals surface area contributed by atoms with Gasteiger partial charge in [0.05, 0.1) is 12.1 Å². The fraction of sp³-hybridized carbons (Fsp3) is 0.400. The zero-order valence-corrected chi connectivity index (χ0v) is 10.1. The smallest absolute Gasteiger partial charge is 0.155 e. The summed E-state index contributed by atoms with van der Waals surface area (Å²) in [6.45, 7) is 2.71. The van der Waals surface area contributed by atoms with Crippen molar-refractivity contribution in [3.05, 3.63) is 36.0 Å². The molecule has 3 rings (SSSR count). The molecule has 0 unspecified atom stereocenters. The summed E-state index contributed by atoms with van der Waals surface area (Å²) in [5.74, 6) is 0.745. The van der Waals surface area contributed by atoms with Gasteiger partial charge >= 0.3 is 0 Å². The number of fused-ring (bicyclic) bond motifs is 1. The third kappa shape index (κ3) is 1.88. The Kier molecular flexibility index (Phi) is 2.50.